The third-order valence-electron chi connectivity index (χ3n) is 3.33. The second-order valence-electron chi connectivity index (χ2n) is 4.28. The topological polar surface area (TPSA) is 42.4 Å². The van der Waals surface area contributed by atoms with E-state index in [9.17, 15) is 9.50 Å². The van der Waals surface area contributed by atoms with Gasteiger partial charge in [0.2, 0.25) is 5.95 Å². The summed E-state index contributed by atoms with van der Waals surface area (Å²) in [5.41, 5.74) is 0.883. The molecule has 15 heavy (non-hydrogen) atoms. The summed E-state index contributed by atoms with van der Waals surface area (Å²) in [4.78, 5) is 3.52. The molecule has 4 atom stereocenters. The molecule has 0 aromatic carbocycles. The molecule has 80 valence electrons. The van der Waals surface area contributed by atoms with Crippen LogP contribution in [-0.2, 0) is 4.74 Å². The number of pyridine rings is 1. The number of aliphatic hydroxyl groups excluding tert-OH is 1. The Hall–Kier alpha value is -1.00. The summed E-state index contributed by atoms with van der Waals surface area (Å²) in [5, 5.41) is 9.69. The van der Waals surface area contributed by atoms with E-state index >= 15 is 0 Å². The van der Waals surface area contributed by atoms with E-state index in [2.05, 4.69) is 4.98 Å². The first-order valence-corrected chi connectivity index (χ1v) is 5.19. The van der Waals surface area contributed by atoms with Crippen molar-refractivity contribution in [2.75, 3.05) is 0 Å². The lowest BCUT2D eigenvalue weighted by Crippen LogP contribution is -2.28. The highest BCUT2D eigenvalue weighted by Gasteiger charge is 2.47. The fourth-order valence-electron chi connectivity index (χ4n) is 2.68. The summed E-state index contributed by atoms with van der Waals surface area (Å²) in [5.74, 6) is -0.346. The molecule has 0 amide bonds. The molecule has 4 heteroatoms. The van der Waals surface area contributed by atoms with Gasteiger partial charge in [-0.15, -0.1) is 0 Å². The minimum Gasteiger partial charge on any atom is -0.390 e. The van der Waals surface area contributed by atoms with Crippen molar-refractivity contribution in [2.24, 2.45) is 0 Å². The molecule has 2 aliphatic heterocycles. The quantitative estimate of drug-likeness (QED) is 0.707. The number of rotatable bonds is 1. The third-order valence-corrected chi connectivity index (χ3v) is 3.33. The second-order valence-corrected chi connectivity index (χ2v) is 4.28. The van der Waals surface area contributed by atoms with Crippen LogP contribution in [0.15, 0.2) is 18.3 Å². The van der Waals surface area contributed by atoms with Gasteiger partial charge in [-0.25, -0.2) is 4.98 Å². The van der Waals surface area contributed by atoms with Gasteiger partial charge in [-0.1, -0.05) is 0 Å². The van der Waals surface area contributed by atoms with Gasteiger partial charge in [0, 0.05) is 18.5 Å². The number of halogens is 1. The van der Waals surface area contributed by atoms with Crippen LogP contribution in [0.25, 0.3) is 0 Å². The zero-order chi connectivity index (χ0) is 10.4. The van der Waals surface area contributed by atoms with Crippen LogP contribution in [0.2, 0.25) is 0 Å². The van der Waals surface area contributed by atoms with Gasteiger partial charge in [-0.3, -0.25) is 0 Å². The van der Waals surface area contributed by atoms with E-state index in [4.69, 9.17) is 4.74 Å². The molecule has 4 unspecified atom stereocenters. The summed E-state index contributed by atoms with van der Waals surface area (Å²) in [6.07, 6.45) is 2.65. The molecule has 1 aromatic rings. The molecule has 2 fully saturated rings. The van der Waals surface area contributed by atoms with E-state index in [0.29, 0.717) is 6.42 Å². The van der Waals surface area contributed by atoms with Gasteiger partial charge in [0.25, 0.3) is 0 Å². The van der Waals surface area contributed by atoms with Crippen LogP contribution in [0.5, 0.6) is 0 Å². The maximum Gasteiger partial charge on any atom is 0.213 e. The van der Waals surface area contributed by atoms with Crippen LogP contribution in [0.4, 0.5) is 4.39 Å². The Balaban J connectivity index is 1.90. The average Bonchev–Trinajstić information content (AvgIpc) is 2.76. The van der Waals surface area contributed by atoms with Crippen LogP contribution in [-0.4, -0.2) is 28.4 Å². The summed E-state index contributed by atoms with van der Waals surface area (Å²) < 4.78 is 18.5. The Bertz CT molecular complexity index is 385. The average molecular weight is 209 g/mol. The molecule has 3 nitrogen and oxygen atoms in total. The molecule has 0 spiro atoms. The molecular formula is C11H12FNO2. The van der Waals surface area contributed by atoms with E-state index in [0.717, 1.165) is 12.0 Å². The molecule has 0 aliphatic carbocycles. The van der Waals surface area contributed by atoms with E-state index in [1.807, 2.05) is 0 Å². The van der Waals surface area contributed by atoms with E-state index in [1.165, 1.54) is 12.3 Å². The molecule has 1 aromatic heterocycles. The van der Waals surface area contributed by atoms with Crippen molar-refractivity contribution in [3.8, 4) is 0 Å². The maximum absolute atomic E-state index is 12.9. The molecule has 0 saturated carbocycles. The first-order valence-electron chi connectivity index (χ1n) is 5.19. The first-order chi connectivity index (χ1) is 7.24. The monoisotopic (exact) mass is 209 g/mol. The number of nitrogens with zero attached hydrogens (tertiary/aromatic N) is 1. The Morgan fingerprint density at radius 2 is 2.33 bits per heavy atom. The molecule has 1 N–H and O–H groups in total. The van der Waals surface area contributed by atoms with Gasteiger partial charge < -0.3 is 9.84 Å². The molecule has 2 saturated heterocycles. The van der Waals surface area contributed by atoms with Crippen LogP contribution in [0, 0.1) is 5.95 Å². The van der Waals surface area contributed by atoms with Crippen molar-refractivity contribution in [1.29, 1.82) is 0 Å². The SMILES string of the molecule is OC1CC2CC(c3ccnc(F)c3)C1O2. The normalized spacial score (nSPS) is 38.5. The number of aliphatic hydroxyl groups is 1. The molecule has 3 rings (SSSR count). The van der Waals surface area contributed by atoms with E-state index in [-0.39, 0.29) is 18.1 Å². The number of hydrogen-bond donors (Lipinski definition) is 1. The maximum atomic E-state index is 12.9. The molecule has 3 heterocycles. The molecule has 2 bridgehead atoms. The van der Waals surface area contributed by atoms with Gasteiger partial charge in [0.15, 0.2) is 0 Å². The predicted molar refractivity (Wildman–Crippen MR) is 50.8 cm³/mol. The molecule has 0 radical (unpaired) electrons. The minimum atomic E-state index is -0.468. The van der Waals surface area contributed by atoms with E-state index < -0.39 is 12.1 Å². The van der Waals surface area contributed by atoms with Crippen molar-refractivity contribution in [2.45, 2.75) is 37.1 Å². The van der Waals surface area contributed by atoms with Crippen molar-refractivity contribution in [1.82, 2.24) is 4.98 Å². The van der Waals surface area contributed by atoms with Crippen LogP contribution in [0.1, 0.15) is 24.3 Å². The number of hydrogen-bond acceptors (Lipinski definition) is 3. The lowest BCUT2D eigenvalue weighted by Gasteiger charge is -2.22. The van der Waals surface area contributed by atoms with Gasteiger partial charge >= 0.3 is 0 Å². The highest BCUT2D eigenvalue weighted by atomic mass is 19.1. The Labute approximate surface area is 86.9 Å². The summed E-state index contributed by atoms with van der Waals surface area (Å²) in [6, 6.07) is 3.23. The Morgan fingerprint density at radius 1 is 1.47 bits per heavy atom. The first kappa shape index (κ1) is 9.24. The number of aromatic nitrogens is 1. The third kappa shape index (κ3) is 1.44. The summed E-state index contributed by atoms with van der Waals surface area (Å²) in [7, 11) is 0. The highest BCUT2D eigenvalue weighted by Crippen LogP contribution is 2.44. The van der Waals surface area contributed by atoms with Crippen LogP contribution in [0.3, 0.4) is 0 Å². The fourth-order valence-corrected chi connectivity index (χ4v) is 2.68. The van der Waals surface area contributed by atoms with Crippen LogP contribution >= 0.6 is 0 Å². The van der Waals surface area contributed by atoms with Gasteiger partial charge in [0.1, 0.15) is 0 Å². The smallest absolute Gasteiger partial charge is 0.213 e. The molecule has 2 aliphatic rings. The lowest BCUT2D eigenvalue weighted by molar-refractivity contribution is 0.0457. The van der Waals surface area contributed by atoms with Crippen LogP contribution < -0.4 is 0 Å². The minimum absolute atomic E-state index is 0.122. The number of ether oxygens (including phenoxy) is 1. The zero-order valence-electron chi connectivity index (χ0n) is 8.14. The Kier molecular flexibility index (Phi) is 2.00. The lowest BCUT2D eigenvalue weighted by atomic mass is 9.83. The Morgan fingerprint density at radius 3 is 3.00 bits per heavy atom. The van der Waals surface area contributed by atoms with Crippen molar-refractivity contribution in [3.05, 3.63) is 29.8 Å². The van der Waals surface area contributed by atoms with Crippen molar-refractivity contribution in [3.63, 3.8) is 0 Å². The fraction of sp³-hybridized carbons (Fsp3) is 0.545. The molecular weight excluding hydrogens is 197 g/mol. The predicted octanol–water partition coefficient (Wildman–Crippen LogP) is 1.23. The largest absolute Gasteiger partial charge is 0.390 e. The van der Waals surface area contributed by atoms with Gasteiger partial charge in [-0.2, -0.15) is 4.39 Å². The number of fused-ring (bicyclic) bond motifs is 2. The summed E-state index contributed by atoms with van der Waals surface area (Å²) >= 11 is 0. The second kappa shape index (κ2) is 3.25. The standard InChI is InChI=1S/C11H12FNO2/c12-10-3-6(1-2-13-10)8-4-7-5-9(14)11(8)15-7/h1-3,7-9,11,14H,4-5H2. The van der Waals surface area contributed by atoms with Gasteiger partial charge in [0.05, 0.1) is 18.3 Å². The van der Waals surface area contributed by atoms with Crippen molar-refractivity contribution >= 4 is 0 Å². The van der Waals surface area contributed by atoms with E-state index in [1.54, 1.807) is 6.07 Å². The van der Waals surface area contributed by atoms with Gasteiger partial charge in [-0.05, 0) is 24.1 Å². The van der Waals surface area contributed by atoms with Crippen molar-refractivity contribution < 1.29 is 14.2 Å². The zero-order valence-corrected chi connectivity index (χ0v) is 8.14. The summed E-state index contributed by atoms with van der Waals surface area (Å²) in [6.45, 7) is 0. The highest BCUT2D eigenvalue weighted by molar-refractivity contribution is 5.22.